The minimum Gasteiger partial charge on any atom is -0.268 e. The van der Waals surface area contributed by atoms with Gasteiger partial charge < -0.3 is 0 Å². The molecule has 3 nitrogen and oxygen atoms in total. The van der Waals surface area contributed by atoms with Crippen molar-refractivity contribution >= 4 is 45.0 Å². The fraction of sp³-hybridized carbons (Fsp3) is 0.0667. The number of rotatable bonds is 1. The number of imide groups is 1. The first-order valence-electron chi connectivity index (χ1n) is 5.94. The van der Waals surface area contributed by atoms with E-state index in [2.05, 4.69) is 15.9 Å². The first-order chi connectivity index (χ1) is 9.50. The van der Waals surface area contributed by atoms with Crippen LogP contribution in [0.3, 0.4) is 0 Å². The Morgan fingerprint density at radius 2 is 1.60 bits per heavy atom. The standard InChI is InChI=1S/C15H9BrClNO2/c1-8-6-12(17)11(16)7-13(8)18-14(19)9-4-2-3-5-10(9)15(18)20/h2-7H,1H3. The van der Waals surface area contributed by atoms with Gasteiger partial charge in [-0.25, -0.2) is 4.90 Å². The molecule has 2 aromatic rings. The maximum absolute atomic E-state index is 12.4. The van der Waals surface area contributed by atoms with Gasteiger partial charge in [0.05, 0.1) is 21.8 Å². The number of carbonyl (C=O) groups excluding carboxylic acids is 2. The van der Waals surface area contributed by atoms with Crippen LogP contribution >= 0.6 is 27.5 Å². The molecule has 0 spiro atoms. The molecule has 0 unspecified atom stereocenters. The molecular formula is C15H9BrClNO2. The Morgan fingerprint density at radius 3 is 2.15 bits per heavy atom. The molecule has 0 aliphatic carbocycles. The van der Waals surface area contributed by atoms with Gasteiger partial charge in [0, 0.05) is 4.47 Å². The Kier molecular flexibility index (Phi) is 3.15. The number of anilines is 1. The maximum atomic E-state index is 12.4. The van der Waals surface area contributed by atoms with Gasteiger partial charge in [-0.05, 0) is 52.7 Å². The lowest BCUT2D eigenvalue weighted by molar-refractivity contribution is 0.0926. The largest absolute Gasteiger partial charge is 0.268 e. The molecule has 0 N–H and O–H groups in total. The van der Waals surface area contributed by atoms with Crippen LogP contribution in [0.2, 0.25) is 5.02 Å². The van der Waals surface area contributed by atoms with Gasteiger partial charge in [-0.15, -0.1) is 0 Å². The van der Waals surface area contributed by atoms with E-state index in [-0.39, 0.29) is 11.8 Å². The van der Waals surface area contributed by atoms with E-state index in [1.807, 2.05) is 6.92 Å². The number of hydrogen-bond donors (Lipinski definition) is 0. The van der Waals surface area contributed by atoms with E-state index in [0.717, 1.165) is 5.56 Å². The zero-order valence-electron chi connectivity index (χ0n) is 10.5. The van der Waals surface area contributed by atoms with E-state index >= 15 is 0 Å². The van der Waals surface area contributed by atoms with Gasteiger partial charge in [0.25, 0.3) is 11.8 Å². The van der Waals surface area contributed by atoms with E-state index in [0.29, 0.717) is 26.3 Å². The second kappa shape index (κ2) is 4.72. The summed E-state index contributed by atoms with van der Waals surface area (Å²) in [5, 5.41) is 0.544. The molecular weight excluding hydrogens is 342 g/mol. The highest BCUT2D eigenvalue weighted by Gasteiger charge is 2.37. The number of hydrogen-bond acceptors (Lipinski definition) is 2. The van der Waals surface area contributed by atoms with Crippen molar-refractivity contribution in [3.8, 4) is 0 Å². The molecule has 0 saturated carbocycles. The van der Waals surface area contributed by atoms with Crippen LogP contribution in [0.1, 0.15) is 26.3 Å². The maximum Gasteiger partial charge on any atom is 0.266 e. The SMILES string of the molecule is Cc1cc(Cl)c(Br)cc1N1C(=O)c2ccccc2C1=O. The van der Waals surface area contributed by atoms with Crippen LogP contribution in [0.25, 0.3) is 0 Å². The predicted octanol–water partition coefficient (Wildman–Crippen LogP) is 4.21. The summed E-state index contributed by atoms with van der Waals surface area (Å²) in [6.07, 6.45) is 0. The van der Waals surface area contributed by atoms with E-state index in [4.69, 9.17) is 11.6 Å². The molecule has 0 fully saturated rings. The zero-order valence-corrected chi connectivity index (χ0v) is 12.8. The Hall–Kier alpha value is -1.65. The third-order valence-corrected chi connectivity index (χ3v) is 4.47. The monoisotopic (exact) mass is 349 g/mol. The Morgan fingerprint density at radius 1 is 1.05 bits per heavy atom. The normalized spacial score (nSPS) is 13.8. The van der Waals surface area contributed by atoms with Gasteiger partial charge in [-0.2, -0.15) is 0 Å². The lowest BCUT2D eigenvalue weighted by atomic mass is 10.1. The number of aryl methyl sites for hydroxylation is 1. The van der Waals surface area contributed by atoms with Crippen molar-refractivity contribution in [2.24, 2.45) is 0 Å². The van der Waals surface area contributed by atoms with Crippen LogP contribution in [0.5, 0.6) is 0 Å². The van der Waals surface area contributed by atoms with Gasteiger partial charge in [-0.3, -0.25) is 9.59 Å². The highest BCUT2D eigenvalue weighted by atomic mass is 79.9. The number of halogens is 2. The van der Waals surface area contributed by atoms with E-state index in [1.54, 1.807) is 36.4 Å². The molecule has 0 bridgehead atoms. The molecule has 5 heteroatoms. The van der Waals surface area contributed by atoms with Gasteiger partial charge >= 0.3 is 0 Å². The number of nitrogens with zero attached hydrogens (tertiary/aromatic N) is 1. The quantitative estimate of drug-likeness (QED) is 0.722. The smallest absolute Gasteiger partial charge is 0.266 e. The highest BCUT2D eigenvalue weighted by Crippen LogP contribution is 2.35. The molecule has 2 aromatic carbocycles. The summed E-state index contributed by atoms with van der Waals surface area (Å²) in [5.41, 5.74) is 2.19. The fourth-order valence-corrected chi connectivity index (χ4v) is 2.83. The van der Waals surface area contributed by atoms with Crippen LogP contribution in [0.15, 0.2) is 40.9 Å². The highest BCUT2D eigenvalue weighted by molar-refractivity contribution is 9.10. The fourth-order valence-electron chi connectivity index (χ4n) is 2.28. The summed E-state index contributed by atoms with van der Waals surface area (Å²) in [7, 11) is 0. The van der Waals surface area contributed by atoms with Crippen molar-refractivity contribution in [3.63, 3.8) is 0 Å². The van der Waals surface area contributed by atoms with Crippen LogP contribution in [-0.2, 0) is 0 Å². The average Bonchev–Trinajstić information content (AvgIpc) is 2.68. The van der Waals surface area contributed by atoms with Gasteiger partial charge in [0.15, 0.2) is 0 Å². The van der Waals surface area contributed by atoms with Gasteiger partial charge in [0.1, 0.15) is 0 Å². The lowest BCUT2D eigenvalue weighted by Crippen LogP contribution is -2.30. The lowest BCUT2D eigenvalue weighted by Gasteiger charge is -2.17. The molecule has 2 amide bonds. The van der Waals surface area contributed by atoms with Crippen LogP contribution in [0.4, 0.5) is 5.69 Å². The minimum absolute atomic E-state index is 0.303. The second-order valence-electron chi connectivity index (χ2n) is 4.54. The molecule has 100 valence electrons. The molecule has 0 atom stereocenters. The van der Waals surface area contributed by atoms with E-state index in [9.17, 15) is 9.59 Å². The van der Waals surface area contributed by atoms with Crippen molar-refractivity contribution in [1.29, 1.82) is 0 Å². The molecule has 0 radical (unpaired) electrons. The summed E-state index contributed by atoms with van der Waals surface area (Å²) in [6, 6.07) is 10.2. The Bertz CT molecular complexity index is 723. The van der Waals surface area contributed by atoms with Crippen molar-refractivity contribution in [1.82, 2.24) is 0 Å². The number of carbonyl (C=O) groups is 2. The second-order valence-corrected chi connectivity index (χ2v) is 5.81. The molecule has 0 aromatic heterocycles. The van der Waals surface area contributed by atoms with Crippen molar-refractivity contribution in [2.75, 3.05) is 4.90 Å². The summed E-state index contributed by atoms with van der Waals surface area (Å²) < 4.78 is 0.649. The van der Waals surface area contributed by atoms with Crippen molar-refractivity contribution < 1.29 is 9.59 Å². The minimum atomic E-state index is -0.303. The third-order valence-electron chi connectivity index (χ3n) is 3.27. The summed E-state index contributed by atoms with van der Waals surface area (Å²) in [5.74, 6) is -0.606. The first-order valence-corrected chi connectivity index (χ1v) is 7.11. The topological polar surface area (TPSA) is 37.4 Å². The van der Waals surface area contributed by atoms with E-state index < -0.39 is 0 Å². The molecule has 0 saturated heterocycles. The number of benzene rings is 2. The molecule has 1 aliphatic rings. The van der Waals surface area contributed by atoms with Crippen LogP contribution in [-0.4, -0.2) is 11.8 Å². The van der Waals surface area contributed by atoms with Gasteiger partial charge in [-0.1, -0.05) is 23.7 Å². The Balaban J connectivity index is 2.17. The molecule has 1 aliphatic heterocycles. The van der Waals surface area contributed by atoms with Gasteiger partial charge in [0.2, 0.25) is 0 Å². The van der Waals surface area contributed by atoms with Crippen LogP contribution < -0.4 is 4.90 Å². The Labute approximate surface area is 129 Å². The average molecular weight is 351 g/mol. The van der Waals surface area contributed by atoms with Crippen LogP contribution in [0, 0.1) is 6.92 Å². The summed E-state index contributed by atoms with van der Waals surface area (Å²) in [4.78, 5) is 26.0. The predicted molar refractivity (Wildman–Crippen MR) is 81.5 cm³/mol. The van der Waals surface area contributed by atoms with E-state index in [1.165, 1.54) is 4.90 Å². The first kappa shape index (κ1) is 13.3. The molecule has 3 rings (SSSR count). The van der Waals surface area contributed by atoms with Crippen molar-refractivity contribution in [3.05, 3.63) is 62.6 Å². The van der Waals surface area contributed by atoms with Crippen molar-refractivity contribution in [2.45, 2.75) is 6.92 Å². The number of amides is 2. The summed E-state index contributed by atoms with van der Waals surface area (Å²) >= 11 is 9.34. The third kappa shape index (κ3) is 1.87. The molecule has 20 heavy (non-hydrogen) atoms. The zero-order chi connectivity index (χ0) is 14.4. The number of fused-ring (bicyclic) bond motifs is 1. The summed E-state index contributed by atoms with van der Waals surface area (Å²) in [6.45, 7) is 1.82. The molecule has 1 heterocycles.